The molecule has 0 aromatic carbocycles. The average molecular weight is 164 g/mol. The van der Waals surface area contributed by atoms with Crippen molar-refractivity contribution in [2.75, 3.05) is 13.6 Å². The Bertz CT molecular complexity index is 254. The zero-order chi connectivity index (χ0) is 8.55. The van der Waals surface area contributed by atoms with Crippen molar-refractivity contribution in [1.29, 1.82) is 0 Å². The quantitative estimate of drug-likeness (QED) is 0.654. The summed E-state index contributed by atoms with van der Waals surface area (Å²) in [4.78, 5) is 6.13. The molecule has 2 unspecified atom stereocenters. The van der Waals surface area contributed by atoms with E-state index in [4.69, 9.17) is 0 Å². The molecule has 3 nitrogen and oxygen atoms in total. The predicted molar refractivity (Wildman–Crippen MR) is 45.6 cm³/mol. The molecule has 1 aromatic rings. The standard InChI is InChI=1S/C9H12N2O/c1-11-6-8(12)9(11)7-3-2-4-10-5-7/h2-5,8-9,12H,6H2,1H3. The summed E-state index contributed by atoms with van der Waals surface area (Å²) >= 11 is 0. The Morgan fingerprint density at radius 1 is 1.67 bits per heavy atom. The molecule has 1 fully saturated rings. The summed E-state index contributed by atoms with van der Waals surface area (Å²) in [6.45, 7) is 0.763. The van der Waals surface area contributed by atoms with Crippen LogP contribution in [0.4, 0.5) is 0 Å². The molecule has 12 heavy (non-hydrogen) atoms. The highest BCUT2D eigenvalue weighted by Gasteiger charge is 2.35. The van der Waals surface area contributed by atoms with Gasteiger partial charge in [0.1, 0.15) is 0 Å². The van der Waals surface area contributed by atoms with Crippen LogP contribution in [0, 0.1) is 0 Å². The summed E-state index contributed by atoms with van der Waals surface area (Å²) in [6, 6.07) is 4.05. The number of aromatic nitrogens is 1. The molecule has 1 N–H and O–H groups in total. The minimum absolute atomic E-state index is 0.152. The molecule has 1 saturated heterocycles. The Kier molecular flexibility index (Phi) is 1.83. The van der Waals surface area contributed by atoms with Gasteiger partial charge in [0.25, 0.3) is 0 Å². The summed E-state index contributed by atoms with van der Waals surface area (Å²) in [5.41, 5.74) is 1.10. The maximum Gasteiger partial charge on any atom is 0.0864 e. The molecule has 2 atom stereocenters. The summed E-state index contributed by atoms with van der Waals surface area (Å²) in [5, 5.41) is 9.46. The normalized spacial score (nSPS) is 29.8. The van der Waals surface area contributed by atoms with Crippen molar-refractivity contribution in [3.05, 3.63) is 30.1 Å². The van der Waals surface area contributed by atoms with Gasteiger partial charge in [-0.2, -0.15) is 0 Å². The Morgan fingerprint density at radius 3 is 3.00 bits per heavy atom. The zero-order valence-electron chi connectivity index (χ0n) is 7.01. The molecular formula is C9H12N2O. The van der Waals surface area contributed by atoms with Gasteiger partial charge in [-0.25, -0.2) is 0 Å². The Labute approximate surface area is 71.7 Å². The molecule has 3 heteroatoms. The second-order valence-corrected chi connectivity index (χ2v) is 3.24. The van der Waals surface area contributed by atoms with Crippen LogP contribution in [0.15, 0.2) is 24.5 Å². The third kappa shape index (κ3) is 1.11. The van der Waals surface area contributed by atoms with Gasteiger partial charge >= 0.3 is 0 Å². The number of β-amino-alcohol motifs (C(OH)–C–C–N with tert-alkyl or cyclic N) is 1. The van der Waals surface area contributed by atoms with E-state index in [2.05, 4.69) is 9.88 Å². The van der Waals surface area contributed by atoms with Crippen LogP contribution in [0.2, 0.25) is 0 Å². The van der Waals surface area contributed by atoms with E-state index in [0.29, 0.717) is 0 Å². The molecule has 1 aliphatic heterocycles. The minimum atomic E-state index is -0.223. The highest BCUT2D eigenvalue weighted by molar-refractivity contribution is 5.18. The molecule has 0 radical (unpaired) electrons. The highest BCUT2D eigenvalue weighted by Crippen LogP contribution is 2.30. The van der Waals surface area contributed by atoms with Crippen molar-refractivity contribution in [1.82, 2.24) is 9.88 Å². The van der Waals surface area contributed by atoms with Gasteiger partial charge < -0.3 is 5.11 Å². The van der Waals surface area contributed by atoms with Gasteiger partial charge in [0.2, 0.25) is 0 Å². The van der Waals surface area contributed by atoms with E-state index in [1.165, 1.54) is 0 Å². The molecule has 1 aromatic heterocycles. The summed E-state index contributed by atoms with van der Waals surface area (Å²) in [5.74, 6) is 0. The number of nitrogens with zero attached hydrogens (tertiary/aromatic N) is 2. The number of rotatable bonds is 1. The van der Waals surface area contributed by atoms with Crippen LogP contribution in [0.25, 0.3) is 0 Å². The highest BCUT2D eigenvalue weighted by atomic mass is 16.3. The van der Waals surface area contributed by atoms with Crippen molar-refractivity contribution in [3.63, 3.8) is 0 Å². The Balaban J connectivity index is 2.20. The number of aliphatic hydroxyl groups excluding tert-OH is 1. The van der Waals surface area contributed by atoms with E-state index >= 15 is 0 Å². The number of hydrogen-bond donors (Lipinski definition) is 1. The van der Waals surface area contributed by atoms with Gasteiger partial charge in [0.15, 0.2) is 0 Å². The maximum absolute atomic E-state index is 9.46. The molecule has 1 aliphatic rings. The zero-order valence-corrected chi connectivity index (χ0v) is 7.01. The third-order valence-corrected chi connectivity index (χ3v) is 2.34. The van der Waals surface area contributed by atoms with E-state index in [1.807, 2.05) is 25.4 Å². The largest absolute Gasteiger partial charge is 0.390 e. The monoisotopic (exact) mass is 164 g/mol. The van der Waals surface area contributed by atoms with Crippen molar-refractivity contribution in [2.24, 2.45) is 0 Å². The van der Waals surface area contributed by atoms with E-state index in [0.717, 1.165) is 12.1 Å². The van der Waals surface area contributed by atoms with Crippen LogP contribution in [-0.2, 0) is 0 Å². The summed E-state index contributed by atoms with van der Waals surface area (Å²) in [6.07, 6.45) is 3.33. The first-order valence-corrected chi connectivity index (χ1v) is 4.07. The van der Waals surface area contributed by atoms with Gasteiger partial charge in [0.05, 0.1) is 12.1 Å². The van der Waals surface area contributed by atoms with Crippen LogP contribution >= 0.6 is 0 Å². The van der Waals surface area contributed by atoms with Crippen molar-refractivity contribution in [3.8, 4) is 0 Å². The lowest BCUT2D eigenvalue weighted by Gasteiger charge is -2.42. The number of likely N-dealkylation sites (tertiary alicyclic amines) is 1. The van der Waals surface area contributed by atoms with E-state index in [9.17, 15) is 5.11 Å². The van der Waals surface area contributed by atoms with E-state index in [-0.39, 0.29) is 12.1 Å². The van der Waals surface area contributed by atoms with E-state index < -0.39 is 0 Å². The van der Waals surface area contributed by atoms with E-state index in [1.54, 1.807) is 6.20 Å². The van der Waals surface area contributed by atoms with Gasteiger partial charge in [-0.15, -0.1) is 0 Å². The molecule has 2 heterocycles. The Morgan fingerprint density at radius 2 is 2.50 bits per heavy atom. The van der Waals surface area contributed by atoms with Crippen molar-refractivity contribution >= 4 is 0 Å². The number of aliphatic hydroxyl groups is 1. The lowest BCUT2D eigenvalue weighted by molar-refractivity contribution is -0.0469. The molecule has 64 valence electrons. The first-order valence-electron chi connectivity index (χ1n) is 4.07. The minimum Gasteiger partial charge on any atom is -0.390 e. The lowest BCUT2D eigenvalue weighted by Crippen LogP contribution is -2.51. The fourth-order valence-electron chi connectivity index (χ4n) is 1.69. The molecule has 0 spiro atoms. The van der Waals surface area contributed by atoms with Crippen LogP contribution in [0.5, 0.6) is 0 Å². The SMILES string of the molecule is CN1CC(O)C1c1cccnc1. The molecular weight excluding hydrogens is 152 g/mol. The van der Waals surface area contributed by atoms with Gasteiger partial charge in [0, 0.05) is 18.9 Å². The first-order chi connectivity index (χ1) is 5.79. The first kappa shape index (κ1) is 7.71. The van der Waals surface area contributed by atoms with Crippen LogP contribution in [0.3, 0.4) is 0 Å². The van der Waals surface area contributed by atoms with Gasteiger partial charge in [-0.05, 0) is 18.7 Å². The van der Waals surface area contributed by atoms with Crippen molar-refractivity contribution < 1.29 is 5.11 Å². The van der Waals surface area contributed by atoms with Gasteiger partial charge in [-0.3, -0.25) is 9.88 Å². The number of hydrogen-bond acceptors (Lipinski definition) is 3. The fraction of sp³-hybridized carbons (Fsp3) is 0.444. The summed E-state index contributed by atoms with van der Waals surface area (Å²) < 4.78 is 0. The van der Waals surface area contributed by atoms with Crippen LogP contribution in [-0.4, -0.2) is 34.7 Å². The fourth-order valence-corrected chi connectivity index (χ4v) is 1.69. The lowest BCUT2D eigenvalue weighted by atomic mass is 9.94. The maximum atomic E-state index is 9.46. The third-order valence-electron chi connectivity index (χ3n) is 2.34. The second kappa shape index (κ2) is 2.84. The van der Waals surface area contributed by atoms with Gasteiger partial charge in [-0.1, -0.05) is 6.07 Å². The molecule has 0 amide bonds. The summed E-state index contributed by atoms with van der Waals surface area (Å²) in [7, 11) is 2.00. The molecule has 0 aliphatic carbocycles. The smallest absolute Gasteiger partial charge is 0.0864 e. The second-order valence-electron chi connectivity index (χ2n) is 3.24. The van der Waals surface area contributed by atoms with Crippen LogP contribution in [0.1, 0.15) is 11.6 Å². The molecule has 2 rings (SSSR count). The average Bonchev–Trinajstić information content (AvgIpc) is 2.05. The molecule has 0 bridgehead atoms. The Hall–Kier alpha value is -0.930. The number of likely N-dealkylation sites (N-methyl/N-ethyl adjacent to an activating group) is 1. The predicted octanol–water partition coefficient (Wildman–Crippen LogP) is 0.429. The van der Waals surface area contributed by atoms with Crippen LogP contribution < -0.4 is 0 Å². The molecule has 0 saturated carbocycles. The number of pyridine rings is 1. The van der Waals surface area contributed by atoms with Crippen molar-refractivity contribution in [2.45, 2.75) is 12.1 Å². The topological polar surface area (TPSA) is 36.4 Å².